The number of halogens is 1. The largest absolute Gasteiger partial charge is 0.393 e. The maximum atomic E-state index is 9.84. The summed E-state index contributed by atoms with van der Waals surface area (Å²) >= 11 is 6.29. The predicted octanol–water partition coefficient (Wildman–Crippen LogP) is 5.36. The first-order chi connectivity index (χ1) is 18.5. The minimum atomic E-state index is -0.0783. The Kier molecular flexibility index (Phi) is 7.48. The van der Waals surface area contributed by atoms with Crippen molar-refractivity contribution in [2.45, 2.75) is 76.5 Å². The van der Waals surface area contributed by atoms with Crippen molar-refractivity contribution in [1.82, 2.24) is 15.3 Å². The molecule has 7 rings (SSSR count). The molecule has 2 aromatic rings. The fourth-order valence-electron chi connectivity index (χ4n) is 8.17. The maximum Gasteiger partial charge on any atom is 0.224 e. The van der Waals surface area contributed by atoms with Crippen LogP contribution < -0.4 is 16.0 Å². The van der Waals surface area contributed by atoms with E-state index in [2.05, 4.69) is 32.0 Å². The summed E-state index contributed by atoms with van der Waals surface area (Å²) in [5.41, 5.74) is 1.75. The van der Waals surface area contributed by atoms with E-state index in [4.69, 9.17) is 11.6 Å². The van der Waals surface area contributed by atoms with Crippen LogP contribution in [0.25, 0.3) is 0 Å². The lowest BCUT2D eigenvalue weighted by molar-refractivity contribution is -0.0704. The molecule has 202 valence electrons. The van der Waals surface area contributed by atoms with Gasteiger partial charge in [-0.2, -0.15) is 10.2 Å². The summed E-state index contributed by atoms with van der Waals surface area (Å²) in [6.07, 6.45) is 12.3. The molecular formula is C30H39ClN6O. The van der Waals surface area contributed by atoms with Crippen molar-refractivity contribution < 1.29 is 5.11 Å². The molecule has 2 unspecified atom stereocenters. The van der Waals surface area contributed by atoms with E-state index in [1.54, 1.807) is 6.20 Å². The summed E-state index contributed by atoms with van der Waals surface area (Å²) < 4.78 is 0. The molecule has 0 radical (unpaired) electrons. The number of benzene rings is 1. The van der Waals surface area contributed by atoms with Gasteiger partial charge >= 0.3 is 0 Å². The van der Waals surface area contributed by atoms with Crippen molar-refractivity contribution in [2.75, 3.05) is 23.7 Å². The minimum Gasteiger partial charge on any atom is -0.393 e. The minimum absolute atomic E-state index is 0.0783. The highest BCUT2D eigenvalue weighted by molar-refractivity contribution is 6.31. The molecule has 1 heterocycles. The number of aliphatic hydroxyl groups is 1. The van der Waals surface area contributed by atoms with Gasteiger partial charge in [0.25, 0.3) is 0 Å². The van der Waals surface area contributed by atoms with Gasteiger partial charge in [0.15, 0.2) is 0 Å². The molecule has 7 nitrogen and oxygen atoms in total. The van der Waals surface area contributed by atoms with Crippen LogP contribution in [0, 0.1) is 40.4 Å². The van der Waals surface area contributed by atoms with Crippen molar-refractivity contribution in [3.63, 3.8) is 0 Å². The number of hydrogen-bond donors (Lipinski definition) is 4. The summed E-state index contributed by atoms with van der Waals surface area (Å²) in [5.74, 6) is 4.14. The first-order valence-corrected chi connectivity index (χ1v) is 14.8. The molecule has 4 N–H and O–H groups in total. The Balaban J connectivity index is 1.08. The van der Waals surface area contributed by atoms with Gasteiger partial charge in [-0.05, 0) is 105 Å². The number of nitrogens with one attached hydrogen (secondary N) is 3. The zero-order valence-corrected chi connectivity index (χ0v) is 22.8. The molecule has 38 heavy (non-hydrogen) atoms. The molecular weight excluding hydrogens is 496 g/mol. The summed E-state index contributed by atoms with van der Waals surface area (Å²) in [6, 6.07) is 10.6. The van der Waals surface area contributed by atoms with Crippen LogP contribution in [0.2, 0.25) is 5.02 Å². The van der Waals surface area contributed by atoms with E-state index >= 15 is 0 Å². The van der Waals surface area contributed by atoms with Crippen LogP contribution in [0.15, 0.2) is 30.5 Å². The van der Waals surface area contributed by atoms with E-state index < -0.39 is 0 Å². The number of aromatic nitrogens is 2. The highest BCUT2D eigenvalue weighted by atomic mass is 35.5. The van der Waals surface area contributed by atoms with E-state index in [0.29, 0.717) is 40.9 Å². The number of anilines is 2. The molecule has 0 aliphatic heterocycles. The lowest BCUT2D eigenvalue weighted by Crippen LogP contribution is -2.60. The Morgan fingerprint density at radius 3 is 2.55 bits per heavy atom. The van der Waals surface area contributed by atoms with Gasteiger partial charge in [-0.25, -0.2) is 4.98 Å². The van der Waals surface area contributed by atoms with Crippen molar-refractivity contribution in [3.8, 4) is 6.07 Å². The maximum absolute atomic E-state index is 9.84. The molecule has 2 atom stereocenters. The normalized spacial score (nSPS) is 33.6. The Morgan fingerprint density at radius 2 is 1.82 bits per heavy atom. The highest BCUT2D eigenvalue weighted by Crippen LogP contribution is 2.60. The quantitative estimate of drug-likeness (QED) is 0.343. The van der Waals surface area contributed by atoms with E-state index in [0.717, 1.165) is 62.1 Å². The first kappa shape index (κ1) is 25.9. The third kappa shape index (κ3) is 5.50. The number of nitrogens with zero attached hydrogens (tertiary/aromatic N) is 3. The monoisotopic (exact) mass is 534 g/mol. The number of nitriles is 1. The number of hydrogen-bond acceptors (Lipinski definition) is 7. The smallest absolute Gasteiger partial charge is 0.224 e. The molecule has 5 saturated carbocycles. The highest BCUT2D eigenvalue weighted by Gasteiger charge is 2.55. The topological polar surface area (TPSA) is 106 Å². The predicted molar refractivity (Wildman–Crippen MR) is 150 cm³/mol. The summed E-state index contributed by atoms with van der Waals surface area (Å²) in [4.78, 5) is 9.03. The van der Waals surface area contributed by atoms with Crippen LogP contribution >= 0.6 is 11.6 Å². The van der Waals surface area contributed by atoms with Gasteiger partial charge < -0.3 is 21.1 Å². The molecule has 8 heteroatoms. The van der Waals surface area contributed by atoms with Crippen LogP contribution in [-0.4, -0.2) is 40.3 Å². The number of aliphatic hydroxyl groups excluding tert-OH is 1. The van der Waals surface area contributed by atoms with Crippen molar-refractivity contribution in [1.29, 1.82) is 5.26 Å². The van der Waals surface area contributed by atoms with Crippen LogP contribution in [0.5, 0.6) is 0 Å². The molecule has 5 aliphatic rings. The van der Waals surface area contributed by atoms with Gasteiger partial charge in [0.05, 0.1) is 12.3 Å². The van der Waals surface area contributed by atoms with E-state index in [-0.39, 0.29) is 11.5 Å². The first-order valence-electron chi connectivity index (χ1n) is 14.4. The molecule has 5 fully saturated rings. The van der Waals surface area contributed by atoms with Gasteiger partial charge in [0.2, 0.25) is 5.95 Å². The summed E-state index contributed by atoms with van der Waals surface area (Å²) in [6.45, 7) is 2.49. The molecule has 1 aromatic carbocycles. The van der Waals surface area contributed by atoms with Gasteiger partial charge in [0, 0.05) is 24.2 Å². The third-order valence-electron chi connectivity index (χ3n) is 9.79. The van der Waals surface area contributed by atoms with Gasteiger partial charge in [-0.1, -0.05) is 29.8 Å². The van der Waals surface area contributed by atoms with Crippen LogP contribution in [-0.2, 0) is 6.54 Å². The molecule has 5 aliphatic carbocycles. The lowest BCUT2D eigenvalue weighted by atomic mass is 9.48. The Morgan fingerprint density at radius 1 is 1.05 bits per heavy atom. The Bertz CT molecular complexity index is 1160. The molecule has 0 spiro atoms. The van der Waals surface area contributed by atoms with Crippen LogP contribution in [0.3, 0.4) is 0 Å². The van der Waals surface area contributed by atoms with E-state index in [1.165, 1.54) is 32.1 Å². The molecule has 1 aromatic heterocycles. The summed E-state index contributed by atoms with van der Waals surface area (Å²) in [5, 5.41) is 31.1. The lowest BCUT2D eigenvalue weighted by Gasteiger charge is -2.60. The molecule has 0 saturated heterocycles. The fraction of sp³-hybridized carbons (Fsp3) is 0.633. The Labute approximate surface area is 230 Å². The van der Waals surface area contributed by atoms with E-state index in [1.807, 2.05) is 24.3 Å². The zero-order valence-electron chi connectivity index (χ0n) is 22.0. The van der Waals surface area contributed by atoms with Crippen molar-refractivity contribution in [3.05, 3.63) is 46.6 Å². The van der Waals surface area contributed by atoms with Gasteiger partial charge in [-0.3, -0.25) is 0 Å². The zero-order chi connectivity index (χ0) is 26.1. The van der Waals surface area contributed by atoms with Gasteiger partial charge in [-0.15, -0.1) is 0 Å². The van der Waals surface area contributed by atoms with Crippen molar-refractivity contribution in [2.24, 2.45) is 29.1 Å². The summed E-state index contributed by atoms with van der Waals surface area (Å²) in [7, 11) is 0. The fourth-order valence-corrected chi connectivity index (χ4v) is 8.37. The Hall–Kier alpha value is -2.40. The molecule has 0 amide bonds. The third-order valence-corrected chi connectivity index (χ3v) is 10.2. The SMILES string of the molecule is N#Cc1cnc(NCc2ccccc2Cl)nc1NCC12CC3CC(C1)C(NCC1CCC(O)CC1)C(C3)C2. The van der Waals surface area contributed by atoms with E-state index in [9.17, 15) is 10.4 Å². The molecule has 4 bridgehead atoms. The second-order valence-corrected chi connectivity index (χ2v) is 12.9. The second kappa shape index (κ2) is 11.0. The second-order valence-electron chi connectivity index (χ2n) is 12.4. The van der Waals surface area contributed by atoms with Crippen LogP contribution in [0.1, 0.15) is 68.9 Å². The standard InChI is InChI=1S/C30H39ClN6O/c31-26-4-2-1-3-21(26)16-34-29-35-17-24(14-32)28(37-29)36-18-30-11-20-9-22(12-30)27(23(10-20)13-30)33-15-19-5-7-25(38)8-6-19/h1-4,17,19-20,22-23,25,27,33,38H,5-13,15-16,18H2,(H2,34,35,36,37). The average Bonchev–Trinajstić information content (AvgIpc) is 2.92. The van der Waals surface area contributed by atoms with Gasteiger partial charge in [0.1, 0.15) is 17.5 Å². The van der Waals surface area contributed by atoms with Crippen molar-refractivity contribution >= 4 is 23.4 Å². The number of rotatable bonds is 9. The van der Waals surface area contributed by atoms with Crippen LogP contribution in [0.4, 0.5) is 11.8 Å². The average molecular weight is 535 g/mol.